The molecule has 9 nitrogen and oxygen atoms in total. The summed E-state index contributed by atoms with van der Waals surface area (Å²) in [4.78, 5) is 38.4. The quantitative estimate of drug-likeness (QED) is 0.724. The molecule has 33 heavy (non-hydrogen) atoms. The van der Waals surface area contributed by atoms with E-state index in [1.165, 1.54) is 0 Å². The Morgan fingerprint density at radius 3 is 2.61 bits per heavy atom. The number of hydrogen-bond donors (Lipinski definition) is 2. The van der Waals surface area contributed by atoms with Crippen LogP contribution in [-0.4, -0.2) is 59.2 Å². The molecule has 0 radical (unpaired) electrons. The van der Waals surface area contributed by atoms with E-state index in [2.05, 4.69) is 22.5 Å². The SMILES string of the molecule is CCNC(=O)Nc1ccc(-c2nc3c(c(N4CCOC[C@@H]4C)n2)CN(C(=O)C(C)C)C3)cc1. The molecule has 2 aliphatic heterocycles. The van der Waals surface area contributed by atoms with E-state index in [1.54, 1.807) is 0 Å². The number of carbonyl (C=O) groups is 2. The van der Waals surface area contributed by atoms with Crippen LogP contribution in [0.1, 0.15) is 39.0 Å². The lowest BCUT2D eigenvalue weighted by Crippen LogP contribution is -2.44. The molecule has 2 aromatic rings. The minimum atomic E-state index is -0.238. The number of aromatic nitrogens is 2. The fraction of sp³-hybridized carbons (Fsp3) is 0.500. The van der Waals surface area contributed by atoms with E-state index in [4.69, 9.17) is 14.7 Å². The number of benzene rings is 1. The van der Waals surface area contributed by atoms with Crippen molar-refractivity contribution in [3.05, 3.63) is 35.5 Å². The molecule has 3 heterocycles. The van der Waals surface area contributed by atoms with Crippen LogP contribution in [0, 0.1) is 5.92 Å². The second-order valence-corrected chi connectivity index (χ2v) is 8.82. The van der Waals surface area contributed by atoms with Crippen molar-refractivity contribution in [3.8, 4) is 11.4 Å². The largest absolute Gasteiger partial charge is 0.377 e. The van der Waals surface area contributed by atoms with Crippen LogP contribution in [0.5, 0.6) is 0 Å². The van der Waals surface area contributed by atoms with Gasteiger partial charge in [0.25, 0.3) is 0 Å². The van der Waals surface area contributed by atoms with Gasteiger partial charge >= 0.3 is 6.03 Å². The highest BCUT2D eigenvalue weighted by molar-refractivity contribution is 5.89. The molecule has 1 atom stereocenters. The standard InChI is InChI=1S/C24H32N6O3/c1-5-25-24(32)26-18-8-6-17(7-9-18)21-27-20-13-29(23(31)15(2)3)12-19(20)22(28-21)30-10-11-33-14-16(30)4/h6-9,15-16H,5,10-14H2,1-4H3,(H2,25,26,32)/t16-/m0/s1. The summed E-state index contributed by atoms with van der Waals surface area (Å²) in [6.07, 6.45) is 0. The van der Waals surface area contributed by atoms with Gasteiger partial charge in [-0.1, -0.05) is 13.8 Å². The Hall–Kier alpha value is -3.20. The lowest BCUT2D eigenvalue weighted by atomic mass is 10.1. The van der Waals surface area contributed by atoms with Gasteiger partial charge in [-0.05, 0) is 38.1 Å². The number of nitrogens with zero attached hydrogens (tertiary/aromatic N) is 4. The monoisotopic (exact) mass is 452 g/mol. The maximum atomic E-state index is 12.7. The summed E-state index contributed by atoms with van der Waals surface area (Å²) in [5, 5.41) is 5.52. The zero-order valence-corrected chi connectivity index (χ0v) is 19.7. The number of carbonyl (C=O) groups excluding carboxylic acids is 2. The normalized spacial score (nSPS) is 17.8. The van der Waals surface area contributed by atoms with Crippen LogP contribution in [-0.2, 0) is 22.6 Å². The number of amides is 3. The van der Waals surface area contributed by atoms with E-state index in [0.717, 1.165) is 29.2 Å². The summed E-state index contributed by atoms with van der Waals surface area (Å²) < 4.78 is 5.63. The Morgan fingerprint density at radius 1 is 1.18 bits per heavy atom. The van der Waals surface area contributed by atoms with Gasteiger partial charge in [0.2, 0.25) is 5.91 Å². The molecule has 1 aromatic heterocycles. The molecule has 1 saturated heterocycles. The molecule has 176 valence electrons. The minimum Gasteiger partial charge on any atom is -0.377 e. The van der Waals surface area contributed by atoms with Gasteiger partial charge in [-0.15, -0.1) is 0 Å². The van der Waals surface area contributed by atoms with E-state index in [9.17, 15) is 9.59 Å². The number of fused-ring (bicyclic) bond motifs is 1. The summed E-state index contributed by atoms with van der Waals surface area (Å²) in [7, 11) is 0. The van der Waals surface area contributed by atoms with Crippen LogP contribution in [0.3, 0.4) is 0 Å². The van der Waals surface area contributed by atoms with Crippen molar-refractivity contribution in [3.63, 3.8) is 0 Å². The smallest absolute Gasteiger partial charge is 0.319 e. The van der Waals surface area contributed by atoms with E-state index >= 15 is 0 Å². The van der Waals surface area contributed by atoms with Gasteiger partial charge in [-0.2, -0.15) is 0 Å². The van der Waals surface area contributed by atoms with Crippen LogP contribution in [0.25, 0.3) is 11.4 Å². The second kappa shape index (κ2) is 9.74. The van der Waals surface area contributed by atoms with Gasteiger partial charge in [0.15, 0.2) is 5.82 Å². The number of morpholine rings is 1. The van der Waals surface area contributed by atoms with Crippen molar-refractivity contribution >= 4 is 23.4 Å². The number of anilines is 2. The molecule has 2 N–H and O–H groups in total. The zero-order chi connectivity index (χ0) is 23.5. The third-order valence-electron chi connectivity index (χ3n) is 5.94. The number of rotatable bonds is 5. The van der Waals surface area contributed by atoms with Gasteiger partial charge in [0.1, 0.15) is 5.82 Å². The fourth-order valence-corrected chi connectivity index (χ4v) is 4.21. The molecular formula is C24H32N6O3. The summed E-state index contributed by atoms with van der Waals surface area (Å²) in [6.45, 7) is 11.5. The van der Waals surface area contributed by atoms with Gasteiger partial charge in [0, 0.05) is 35.8 Å². The maximum absolute atomic E-state index is 12.7. The average Bonchev–Trinajstić information content (AvgIpc) is 3.23. The van der Waals surface area contributed by atoms with Gasteiger partial charge < -0.3 is 25.2 Å². The van der Waals surface area contributed by atoms with Crippen molar-refractivity contribution in [1.82, 2.24) is 20.2 Å². The predicted molar refractivity (Wildman–Crippen MR) is 127 cm³/mol. The van der Waals surface area contributed by atoms with Crippen molar-refractivity contribution in [2.75, 3.05) is 36.5 Å². The molecule has 0 saturated carbocycles. The fourth-order valence-electron chi connectivity index (χ4n) is 4.21. The minimum absolute atomic E-state index is 0.0672. The lowest BCUT2D eigenvalue weighted by molar-refractivity contribution is -0.135. The molecule has 3 amide bonds. The predicted octanol–water partition coefficient (Wildman–Crippen LogP) is 3.01. The Balaban J connectivity index is 1.67. The summed E-state index contributed by atoms with van der Waals surface area (Å²) in [5.74, 6) is 1.55. The lowest BCUT2D eigenvalue weighted by Gasteiger charge is -2.35. The molecule has 4 rings (SSSR count). The highest BCUT2D eigenvalue weighted by atomic mass is 16.5. The van der Waals surface area contributed by atoms with Crippen LogP contribution >= 0.6 is 0 Å². The summed E-state index contributed by atoms with van der Waals surface area (Å²) in [5.41, 5.74) is 3.47. The molecule has 2 aliphatic rings. The zero-order valence-electron chi connectivity index (χ0n) is 19.7. The Morgan fingerprint density at radius 2 is 1.94 bits per heavy atom. The van der Waals surface area contributed by atoms with Gasteiger partial charge in [-0.3, -0.25) is 4.79 Å². The summed E-state index contributed by atoms with van der Waals surface area (Å²) >= 11 is 0. The first-order chi connectivity index (χ1) is 15.9. The molecule has 1 fully saturated rings. The maximum Gasteiger partial charge on any atom is 0.319 e. The first-order valence-electron chi connectivity index (χ1n) is 11.6. The summed E-state index contributed by atoms with van der Waals surface area (Å²) in [6, 6.07) is 7.44. The van der Waals surface area contributed by atoms with Crippen LogP contribution < -0.4 is 15.5 Å². The molecule has 0 aliphatic carbocycles. The second-order valence-electron chi connectivity index (χ2n) is 8.82. The molecule has 1 aromatic carbocycles. The van der Waals surface area contributed by atoms with E-state index in [-0.39, 0.29) is 23.9 Å². The Kier molecular flexibility index (Phi) is 6.78. The molecule has 0 unspecified atom stereocenters. The molecule has 0 bridgehead atoms. The highest BCUT2D eigenvalue weighted by Crippen LogP contribution is 2.34. The molecule has 9 heteroatoms. The van der Waals surface area contributed by atoms with E-state index in [1.807, 2.05) is 49.9 Å². The van der Waals surface area contributed by atoms with Crippen LogP contribution in [0.15, 0.2) is 24.3 Å². The third-order valence-corrected chi connectivity index (χ3v) is 5.94. The molecule has 0 spiro atoms. The topological polar surface area (TPSA) is 99.7 Å². The first-order valence-corrected chi connectivity index (χ1v) is 11.6. The Bertz CT molecular complexity index is 1020. The number of hydrogen-bond acceptors (Lipinski definition) is 6. The van der Waals surface area contributed by atoms with Crippen molar-refractivity contribution in [2.24, 2.45) is 5.92 Å². The molecular weight excluding hydrogens is 420 g/mol. The van der Waals surface area contributed by atoms with Crippen molar-refractivity contribution in [1.29, 1.82) is 0 Å². The van der Waals surface area contributed by atoms with Gasteiger partial charge in [-0.25, -0.2) is 14.8 Å². The van der Waals surface area contributed by atoms with Gasteiger partial charge in [0.05, 0.1) is 38.0 Å². The third kappa shape index (κ3) is 4.93. The van der Waals surface area contributed by atoms with E-state index < -0.39 is 0 Å². The number of nitrogens with one attached hydrogen (secondary N) is 2. The Labute approximate surface area is 194 Å². The van der Waals surface area contributed by atoms with Crippen LogP contribution in [0.4, 0.5) is 16.3 Å². The van der Waals surface area contributed by atoms with Crippen molar-refractivity contribution < 1.29 is 14.3 Å². The first kappa shape index (κ1) is 23.0. The van der Waals surface area contributed by atoms with Crippen molar-refractivity contribution in [2.45, 2.75) is 46.8 Å². The average molecular weight is 453 g/mol. The highest BCUT2D eigenvalue weighted by Gasteiger charge is 2.33. The number of ether oxygens (including phenoxy) is 1. The van der Waals surface area contributed by atoms with Crippen LogP contribution in [0.2, 0.25) is 0 Å². The van der Waals surface area contributed by atoms with E-state index in [0.29, 0.717) is 44.4 Å². The number of urea groups is 1.